The van der Waals surface area contributed by atoms with Crippen molar-refractivity contribution >= 4 is 0 Å². The van der Waals surface area contributed by atoms with Crippen LogP contribution in [0.25, 0.3) is 0 Å². The van der Waals surface area contributed by atoms with E-state index in [0.717, 1.165) is 11.1 Å². The molecule has 0 nitrogen and oxygen atoms in total. The second kappa shape index (κ2) is 4.20. The SMILES string of the molecule is FC(F)C1CC1(c1ccccc1)c1ccccc1. The first-order valence-electron chi connectivity index (χ1n) is 6.14. The summed E-state index contributed by atoms with van der Waals surface area (Å²) in [6.45, 7) is 0. The maximum absolute atomic E-state index is 13.1. The fourth-order valence-corrected chi connectivity index (χ4v) is 2.89. The normalized spacial score (nSPS) is 20.9. The molecule has 18 heavy (non-hydrogen) atoms. The largest absolute Gasteiger partial charge is 0.242 e. The number of hydrogen-bond acceptors (Lipinski definition) is 0. The molecule has 0 spiro atoms. The van der Waals surface area contributed by atoms with Crippen LogP contribution in [0.15, 0.2) is 60.7 Å². The molecule has 2 heteroatoms. The van der Waals surface area contributed by atoms with Crippen LogP contribution < -0.4 is 0 Å². The molecule has 0 heterocycles. The number of benzene rings is 2. The highest BCUT2D eigenvalue weighted by Crippen LogP contribution is 2.61. The van der Waals surface area contributed by atoms with Gasteiger partial charge in [-0.15, -0.1) is 0 Å². The summed E-state index contributed by atoms with van der Waals surface area (Å²) < 4.78 is 26.2. The van der Waals surface area contributed by atoms with Gasteiger partial charge >= 0.3 is 0 Å². The van der Waals surface area contributed by atoms with Crippen molar-refractivity contribution in [1.82, 2.24) is 0 Å². The van der Waals surface area contributed by atoms with Gasteiger partial charge in [0.2, 0.25) is 6.43 Å². The summed E-state index contributed by atoms with van der Waals surface area (Å²) in [4.78, 5) is 0. The zero-order valence-electron chi connectivity index (χ0n) is 9.89. The van der Waals surface area contributed by atoms with Gasteiger partial charge in [0.1, 0.15) is 0 Å². The van der Waals surface area contributed by atoms with Crippen molar-refractivity contribution in [3.63, 3.8) is 0 Å². The van der Waals surface area contributed by atoms with Crippen molar-refractivity contribution in [2.45, 2.75) is 18.3 Å². The Bertz CT molecular complexity index is 480. The summed E-state index contributed by atoms with van der Waals surface area (Å²) in [6, 6.07) is 19.3. The van der Waals surface area contributed by atoms with Crippen LogP contribution in [0, 0.1) is 5.92 Å². The summed E-state index contributed by atoms with van der Waals surface area (Å²) in [5, 5.41) is 0. The molecule has 0 bridgehead atoms. The Balaban J connectivity index is 2.08. The Labute approximate surface area is 105 Å². The highest BCUT2D eigenvalue weighted by Gasteiger charge is 2.60. The molecular weight excluding hydrogens is 230 g/mol. The van der Waals surface area contributed by atoms with Gasteiger partial charge in [0.05, 0.1) is 0 Å². The van der Waals surface area contributed by atoms with Crippen molar-refractivity contribution < 1.29 is 8.78 Å². The zero-order chi connectivity index (χ0) is 12.6. The maximum Gasteiger partial charge on any atom is 0.242 e. The average molecular weight is 244 g/mol. The Morgan fingerprint density at radius 3 is 1.61 bits per heavy atom. The Hall–Kier alpha value is -1.70. The van der Waals surface area contributed by atoms with Gasteiger partial charge in [-0.2, -0.15) is 0 Å². The molecule has 1 atom stereocenters. The van der Waals surface area contributed by atoms with Gasteiger partial charge in [0, 0.05) is 11.3 Å². The van der Waals surface area contributed by atoms with Gasteiger partial charge in [-0.3, -0.25) is 0 Å². The van der Waals surface area contributed by atoms with Gasteiger partial charge in [-0.1, -0.05) is 60.7 Å². The van der Waals surface area contributed by atoms with E-state index in [4.69, 9.17) is 0 Å². The predicted octanol–water partition coefficient (Wildman–Crippen LogP) is 4.26. The lowest BCUT2D eigenvalue weighted by Crippen LogP contribution is -2.15. The Kier molecular flexibility index (Phi) is 2.66. The molecular formula is C16H14F2. The van der Waals surface area contributed by atoms with Gasteiger partial charge in [-0.05, 0) is 17.5 Å². The predicted molar refractivity (Wildman–Crippen MR) is 67.8 cm³/mol. The third kappa shape index (κ3) is 1.64. The molecule has 2 aromatic carbocycles. The quantitative estimate of drug-likeness (QED) is 0.756. The minimum atomic E-state index is -2.26. The van der Waals surface area contributed by atoms with Crippen molar-refractivity contribution in [1.29, 1.82) is 0 Å². The van der Waals surface area contributed by atoms with Crippen LogP contribution in [-0.2, 0) is 5.41 Å². The second-order valence-corrected chi connectivity index (χ2v) is 4.85. The molecule has 0 N–H and O–H groups in total. The van der Waals surface area contributed by atoms with Crippen molar-refractivity contribution in [2.24, 2.45) is 5.92 Å². The van der Waals surface area contributed by atoms with Crippen LogP contribution in [0.2, 0.25) is 0 Å². The summed E-state index contributed by atoms with van der Waals surface area (Å²) in [7, 11) is 0. The van der Waals surface area contributed by atoms with Crippen molar-refractivity contribution in [2.75, 3.05) is 0 Å². The Morgan fingerprint density at radius 2 is 1.28 bits per heavy atom. The van der Waals surface area contributed by atoms with Crippen LogP contribution in [0.5, 0.6) is 0 Å². The van der Waals surface area contributed by atoms with E-state index >= 15 is 0 Å². The zero-order valence-corrected chi connectivity index (χ0v) is 9.89. The molecule has 0 aromatic heterocycles. The van der Waals surface area contributed by atoms with Gasteiger partial charge in [-0.25, -0.2) is 8.78 Å². The minimum Gasteiger partial charge on any atom is -0.210 e. The first-order chi connectivity index (χ1) is 8.75. The highest BCUT2D eigenvalue weighted by atomic mass is 19.3. The van der Waals surface area contributed by atoms with E-state index in [-0.39, 0.29) is 0 Å². The molecule has 1 unspecified atom stereocenters. The van der Waals surface area contributed by atoms with Crippen LogP contribution >= 0.6 is 0 Å². The van der Waals surface area contributed by atoms with Crippen LogP contribution in [0.3, 0.4) is 0 Å². The summed E-state index contributed by atoms with van der Waals surface area (Å²) in [5.41, 5.74) is 1.53. The molecule has 0 amide bonds. The fraction of sp³-hybridized carbons (Fsp3) is 0.250. The van der Waals surface area contributed by atoms with E-state index in [1.54, 1.807) is 0 Å². The molecule has 92 valence electrons. The average Bonchev–Trinajstić information content (AvgIpc) is 3.18. The molecule has 2 aromatic rings. The van der Waals surface area contributed by atoms with Crippen molar-refractivity contribution in [3.05, 3.63) is 71.8 Å². The molecule has 1 aliphatic rings. The van der Waals surface area contributed by atoms with Crippen LogP contribution in [0.1, 0.15) is 17.5 Å². The monoisotopic (exact) mass is 244 g/mol. The van der Waals surface area contributed by atoms with E-state index in [0.29, 0.717) is 6.42 Å². The fourth-order valence-electron chi connectivity index (χ4n) is 2.89. The first-order valence-corrected chi connectivity index (χ1v) is 6.14. The number of rotatable bonds is 3. The summed E-state index contributed by atoms with van der Waals surface area (Å²) in [6.07, 6.45) is -1.72. The second-order valence-electron chi connectivity index (χ2n) is 4.85. The minimum absolute atomic E-state index is 0.476. The van der Waals surface area contributed by atoms with E-state index in [1.165, 1.54) is 0 Å². The molecule has 1 aliphatic carbocycles. The lowest BCUT2D eigenvalue weighted by molar-refractivity contribution is 0.115. The van der Waals surface area contributed by atoms with Crippen molar-refractivity contribution in [3.8, 4) is 0 Å². The third-order valence-corrected chi connectivity index (χ3v) is 3.90. The summed E-state index contributed by atoms with van der Waals surface area (Å²) in [5.74, 6) is -0.553. The van der Waals surface area contributed by atoms with Gasteiger partial charge < -0.3 is 0 Å². The first kappa shape index (κ1) is 11.4. The topological polar surface area (TPSA) is 0 Å². The third-order valence-electron chi connectivity index (χ3n) is 3.90. The number of hydrogen-bond donors (Lipinski definition) is 0. The molecule has 1 fully saturated rings. The molecule has 1 saturated carbocycles. The number of alkyl halides is 2. The lowest BCUT2D eigenvalue weighted by Gasteiger charge is -2.18. The summed E-state index contributed by atoms with van der Waals surface area (Å²) >= 11 is 0. The standard InChI is InChI=1S/C16H14F2/c17-15(18)14-11-16(14,12-7-3-1-4-8-12)13-9-5-2-6-10-13/h1-10,14-15H,11H2. The van der Waals surface area contributed by atoms with Gasteiger partial charge in [0.15, 0.2) is 0 Å². The molecule has 0 saturated heterocycles. The van der Waals surface area contributed by atoms with Gasteiger partial charge in [0.25, 0.3) is 0 Å². The van der Waals surface area contributed by atoms with E-state index in [9.17, 15) is 8.78 Å². The molecule has 0 aliphatic heterocycles. The van der Waals surface area contributed by atoms with Crippen LogP contribution in [0.4, 0.5) is 8.78 Å². The number of halogens is 2. The maximum atomic E-state index is 13.1. The van der Waals surface area contributed by atoms with E-state index < -0.39 is 17.8 Å². The molecule has 0 radical (unpaired) electrons. The van der Waals surface area contributed by atoms with E-state index in [1.807, 2.05) is 60.7 Å². The smallest absolute Gasteiger partial charge is 0.210 e. The Morgan fingerprint density at radius 1 is 0.833 bits per heavy atom. The lowest BCUT2D eigenvalue weighted by atomic mass is 9.86. The van der Waals surface area contributed by atoms with E-state index in [2.05, 4.69) is 0 Å². The highest BCUT2D eigenvalue weighted by molar-refractivity contribution is 5.47. The van der Waals surface area contributed by atoms with Crippen LogP contribution in [-0.4, -0.2) is 6.43 Å². The molecule has 3 rings (SSSR count).